The van der Waals surface area contributed by atoms with Crippen LogP contribution < -0.4 is 10.9 Å². The van der Waals surface area contributed by atoms with E-state index in [0.29, 0.717) is 17.4 Å². The summed E-state index contributed by atoms with van der Waals surface area (Å²) in [5, 5.41) is 12.3. The summed E-state index contributed by atoms with van der Waals surface area (Å²) in [4.78, 5) is 24.5. The van der Waals surface area contributed by atoms with Crippen LogP contribution in [0.15, 0.2) is 65.6 Å². The predicted octanol–water partition coefficient (Wildman–Crippen LogP) is 1.95. The van der Waals surface area contributed by atoms with Gasteiger partial charge in [0, 0.05) is 24.8 Å². The number of nitrogens with zero attached hydrogens (tertiary/aromatic N) is 4. The second kappa shape index (κ2) is 7.41. The highest BCUT2D eigenvalue weighted by molar-refractivity contribution is 5.80. The van der Waals surface area contributed by atoms with E-state index in [1.165, 1.54) is 10.9 Å². The van der Waals surface area contributed by atoms with E-state index in [1.807, 2.05) is 12.1 Å². The fourth-order valence-electron chi connectivity index (χ4n) is 3.13. The lowest BCUT2D eigenvalue weighted by Crippen LogP contribution is -2.34. The zero-order chi connectivity index (χ0) is 18.6. The molecule has 0 atom stereocenters. The third kappa shape index (κ3) is 3.57. The third-order valence-corrected chi connectivity index (χ3v) is 4.50. The SMILES string of the molecule is O=C(Cn1nnc2ccccc2c1=O)NCCCn1ccc2ccccc21. The molecular formula is C20H19N5O2. The number of aromatic nitrogens is 4. The highest BCUT2D eigenvalue weighted by atomic mass is 16.2. The van der Waals surface area contributed by atoms with Crippen molar-refractivity contribution in [3.8, 4) is 0 Å². The molecule has 27 heavy (non-hydrogen) atoms. The number of para-hydroxylation sites is 1. The maximum Gasteiger partial charge on any atom is 0.278 e. The van der Waals surface area contributed by atoms with Crippen molar-refractivity contribution in [3.05, 3.63) is 71.1 Å². The van der Waals surface area contributed by atoms with Crippen molar-refractivity contribution in [1.29, 1.82) is 0 Å². The number of benzene rings is 2. The largest absolute Gasteiger partial charge is 0.354 e. The van der Waals surface area contributed by atoms with Crippen LogP contribution in [0.4, 0.5) is 0 Å². The number of amides is 1. The van der Waals surface area contributed by atoms with Crippen molar-refractivity contribution in [3.63, 3.8) is 0 Å². The van der Waals surface area contributed by atoms with Crippen molar-refractivity contribution >= 4 is 27.7 Å². The lowest BCUT2D eigenvalue weighted by atomic mass is 10.2. The molecule has 7 heteroatoms. The van der Waals surface area contributed by atoms with Crippen LogP contribution in [0.2, 0.25) is 0 Å². The normalized spacial score (nSPS) is 11.1. The van der Waals surface area contributed by atoms with Crippen molar-refractivity contribution in [2.45, 2.75) is 19.5 Å². The lowest BCUT2D eigenvalue weighted by molar-refractivity contribution is -0.121. The van der Waals surface area contributed by atoms with Gasteiger partial charge in [0.1, 0.15) is 12.1 Å². The fraction of sp³-hybridized carbons (Fsp3) is 0.200. The quantitative estimate of drug-likeness (QED) is 0.532. The molecule has 0 fully saturated rings. The summed E-state index contributed by atoms with van der Waals surface area (Å²) in [7, 11) is 0. The summed E-state index contributed by atoms with van der Waals surface area (Å²) in [6.07, 6.45) is 2.85. The van der Waals surface area contributed by atoms with E-state index in [0.717, 1.165) is 17.6 Å². The molecular weight excluding hydrogens is 342 g/mol. The summed E-state index contributed by atoms with van der Waals surface area (Å²) in [5.74, 6) is -0.251. The lowest BCUT2D eigenvalue weighted by Gasteiger charge is -2.08. The fourth-order valence-corrected chi connectivity index (χ4v) is 3.13. The summed E-state index contributed by atoms with van der Waals surface area (Å²) >= 11 is 0. The first kappa shape index (κ1) is 17.0. The van der Waals surface area contributed by atoms with E-state index >= 15 is 0 Å². The van der Waals surface area contributed by atoms with Crippen molar-refractivity contribution in [1.82, 2.24) is 24.9 Å². The third-order valence-electron chi connectivity index (χ3n) is 4.50. The van der Waals surface area contributed by atoms with Gasteiger partial charge >= 0.3 is 0 Å². The maximum absolute atomic E-state index is 12.4. The monoisotopic (exact) mass is 361 g/mol. The molecule has 7 nitrogen and oxygen atoms in total. The first-order valence-corrected chi connectivity index (χ1v) is 8.85. The van der Waals surface area contributed by atoms with Gasteiger partial charge in [-0.1, -0.05) is 35.5 Å². The zero-order valence-corrected chi connectivity index (χ0v) is 14.7. The van der Waals surface area contributed by atoms with E-state index in [1.54, 1.807) is 24.3 Å². The van der Waals surface area contributed by atoms with Crippen LogP contribution in [0.3, 0.4) is 0 Å². The van der Waals surface area contributed by atoms with Crippen LogP contribution in [-0.2, 0) is 17.9 Å². The summed E-state index contributed by atoms with van der Waals surface area (Å²) in [6.45, 7) is 1.20. The Morgan fingerprint density at radius 3 is 2.78 bits per heavy atom. The smallest absolute Gasteiger partial charge is 0.278 e. The molecule has 136 valence electrons. The summed E-state index contributed by atoms with van der Waals surface area (Å²) in [5.41, 5.74) is 1.40. The molecule has 0 saturated heterocycles. The molecule has 4 aromatic rings. The average Bonchev–Trinajstić information content (AvgIpc) is 3.11. The van der Waals surface area contributed by atoms with Crippen molar-refractivity contribution in [2.24, 2.45) is 0 Å². The van der Waals surface area contributed by atoms with Crippen molar-refractivity contribution in [2.75, 3.05) is 6.54 Å². The van der Waals surface area contributed by atoms with Gasteiger partial charge in [-0.05, 0) is 36.1 Å². The highest BCUT2D eigenvalue weighted by Gasteiger charge is 2.09. The van der Waals surface area contributed by atoms with Crippen LogP contribution in [-0.4, -0.2) is 32.0 Å². The Balaban J connectivity index is 1.32. The molecule has 0 saturated carbocycles. The van der Waals surface area contributed by atoms with Gasteiger partial charge in [-0.15, -0.1) is 5.10 Å². The molecule has 1 amide bonds. The molecule has 0 radical (unpaired) electrons. The minimum Gasteiger partial charge on any atom is -0.354 e. The molecule has 0 spiro atoms. The topological polar surface area (TPSA) is 81.8 Å². The Labute approximate surface area is 155 Å². The predicted molar refractivity (Wildman–Crippen MR) is 103 cm³/mol. The van der Waals surface area contributed by atoms with Gasteiger partial charge in [0.05, 0.1) is 5.39 Å². The molecule has 4 rings (SSSR count). The number of rotatable bonds is 6. The summed E-state index contributed by atoms with van der Waals surface area (Å²) in [6, 6.07) is 17.2. The van der Waals surface area contributed by atoms with Crippen LogP contribution >= 0.6 is 0 Å². The van der Waals surface area contributed by atoms with Gasteiger partial charge in [0.25, 0.3) is 5.56 Å². The minimum atomic E-state index is -0.311. The van der Waals surface area contributed by atoms with E-state index in [4.69, 9.17) is 0 Å². The molecule has 0 aliphatic rings. The van der Waals surface area contributed by atoms with Crippen LogP contribution in [0, 0.1) is 0 Å². The number of carbonyl (C=O) groups excluding carboxylic acids is 1. The number of fused-ring (bicyclic) bond motifs is 2. The second-order valence-corrected chi connectivity index (χ2v) is 6.34. The summed E-state index contributed by atoms with van der Waals surface area (Å²) < 4.78 is 3.26. The van der Waals surface area contributed by atoms with Gasteiger partial charge in [-0.3, -0.25) is 9.59 Å². The Kier molecular flexibility index (Phi) is 4.65. The first-order chi connectivity index (χ1) is 13.2. The van der Waals surface area contributed by atoms with Crippen LogP contribution in [0.25, 0.3) is 21.8 Å². The van der Waals surface area contributed by atoms with E-state index in [9.17, 15) is 9.59 Å². The number of aryl methyl sites for hydroxylation is 1. The average molecular weight is 361 g/mol. The Hall–Kier alpha value is -3.48. The van der Waals surface area contributed by atoms with Crippen LogP contribution in [0.5, 0.6) is 0 Å². The maximum atomic E-state index is 12.4. The molecule has 0 aliphatic heterocycles. The number of nitrogens with one attached hydrogen (secondary N) is 1. The van der Waals surface area contributed by atoms with E-state index in [-0.39, 0.29) is 18.0 Å². The number of carbonyl (C=O) groups is 1. The van der Waals surface area contributed by atoms with Crippen LogP contribution in [0.1, 0.15) is 6.42 Å². The number of hydrogen-bond acceptors (Lipinski definition) is 4. The Morgan fingerprint density at radius 1 is 1.04 bits per heavy atom. The van der Waals surface area contributed by atoms with Crippen molar-refractivity contribution < 1.29 is 4.79 Å². The molecule has 1 N–H and O–H groups in total. The minimum absolute atomic E-state index is 0.136. The van der Waals surface area contributed by atoms with E-state index in [2.05, 4.69) is 44.6 Å². The molecule has 0 aliphatic carbocycles. The first-order valence-electron chi connectivity index (χ1n) is 8.85. The van der Waals surface area contributed by atoms with E-state index < -0.39 is 0 Å². The zero-order valence-electron chi connectivity index (χ0n) is 14.7. The van der Waals surface area contributed by atoms with Gasteiger partial charge in [-0.2, -0.15) is 0 Å². The molecule has 2 aromatic heterocycles. The molecule has 0 unspecified atom stereocenters. The number of hydrogen-bond donors (Lipinski definition) is 1. The van der Waals surface area contributed by atoms with Gasteiger partial charge < -0.3 is 9.88 Å². The van der Waals surface area contributed by atoms with Gasteiger partial charge in [0.15, 0.2) is 0 Å². The highest BCUT2D eigenvalue weighted by Crippen LogP contribution is 2.15. The standard InChI is InChI=1S/C20H19N5O2/c26-19(14-25-20(27)16-7-2-3-8-17(16)22-23-25)21-11-5-12-24-13-10-15-6-1-4-9-18(15)24/h1-4,6-10,13H,5,11-12,14H2,(H,21,26). The second-order valence-electron chi connectivity index (χ2n) is 6.34. The Bertz CT molecular complexity index is 1160. The molecule has 2 aromatic carbocycles. The van der Waals surface area contributed by atoms with Gasteiger partial charge in [-0.25, -0.2) is 4.68 Å². The molecule has 2 heterocycles. The Morgan fingerprint density at radius 2 is 1.85 bits per heavy atom. The molecule has 0 bridgehead atoms. The van der Waals surface area contributed by atoms with Gasteiger partial charge in [0.2, 0.25) is 5.91 Å².